The minimum Gasteiger partial charge on any atom is -0.496 e. The van der Waals surface area contributed by atoms with Gasteiger partial charge in [-0.1, -0.05) is 6.07 Å². The molecule has 2 rings (SSSR count). The molecule has 0 bridgehead atoms. The van der Waals surface area contributed by atoms with E-state index in [0.717, 1.165) is 16.9 Å². The molecular formula is C14H18O4. The second-order valence-electron chi connectivity index (χ2n) is 4.54. The zero-order valence-corrected chi connectivity index (χ0v) is 11.1. The van der Waals surface area contributed by atoms with Crippen LogP contribution in [0.15, 0.2) is 18.2 Å². The number of esters is 1. The average Bonchev–Trinajstić information content (AvgIpc) is 3.03. The Morgan fingerprint density at radius 3 is 2.78 bits per heavy atom. The highest BCUT2D eigenvalue weighted by atomic mass is 16.7. The summed E-state index contributed by atoms with van der Waals surface area (Å²) in [7, 11) is 1.64. The van der Waals surface area contributed by atoms with Crippen molar-refractivity contribution in [1.82, 2.24) is 0 Å². The molecule has 0 spiro atoms. The zero-order valence-electron chi connectivity index (χ0n) is 11.1. The van der Waals surface area contributed by atoms with Crippen molar-refractivity contribution < 1.29 is 19.0 Å². The Hall–Kier alpha value is -1.55. The predicted octanol–water partition coefficient (Wildman–Crippen LogP) is 2.18. The van der Waals surface area contributed by atoms with E-state index in [4.69, 9.17) is 14.2 Å². The molecule has 1 aromatic carbocycles. The molecule has 1 aliphatic rings. The third kappa shape index (κ3) is 2.08. The lowest BCUT2D eigenvalue weighted by Gasteiger charge is -2.10. The van der Waals surface area contributed by atoms with Gasteiger partial charge in [-0.25, -0.2) is 4.79 Å². The Kier molecular flexibility index (Phi) is 3.30. The molecule has 98 valence electrons. The van der Waals surface area contributed by atoms with Crippen molar-refractivity contribution in [3.63, 3.8) is 0 Å². The lowest BCUT2D eigenvalue weighted by Crippen LogP contribution is -2.18. The molecule has 2 atom stereocenters. The second kappa shape index (κ2) is 4.61. The molecule has 2 unspecified atom stereocenters. The molecule has 0 N–H and O–H groups in total. The topological polar surface area (TPSA) is 48.1 Å². The van der Waals surface area contributed by atoms with Crippen molar-refractivity contribution in [3.05, 3.63) is 29.3 Å². The minimum absolute atomic E-state index is 0.298. The van der Waals surface area contributed by atoms with Gasteiger partial charge in [0.2, 0.25) is 0 Å². The molecule has 1 saturated heterocycles. The molecule has 1 heterocycles. The number of hydrogen-bond donors (Lipinski definition) is 0. The van der Waals surface area contributed by atoms with Crippen LogP contribution in [0.2, 0.25) is 0 Å². The maximum absolute atomic E-state index is 11.6. The van der Waals surface area contributed by atoms with Gasteiger partial charge in [0.05, 0.1) is 13.7 Å². The van der Waals surface area contributed by atoms with E-state index in [0.29, 0.717) is 6.61 Å². The Morgan fingerprint density at radius 1 is 1.50 bits per heavy atom. The SMILES string of the molecule is CCOC(=O)C1OC1(C)c1ccc(OC)c(C)c1. The highest BCUT2D eigenvalue weighted by molar-refractivity contribution is 5.79. The van der Waals surface area contributed by atoms with E-state index in [1.165, 1.54) is 0 Å². The molecule has 0 amide bonds. The van der Waals surface area contributed by atoms with Gasteiger partial charge >= 0.3 is 5.97 Å². The maximum atomic E-state index is 11.6. The van der Waals surface area contributed by atoms with E-state index in [1.807, 2.05) is 32.0 Å². The molecule has 0 aliphatic carbocycles. The highest BCUT2D eigenvalue weighted by Crippen LogP contribution is 2.47. The summed E-state index contributed by atoms with van der Waals surface area (Å²) < 4.78 is 15.7. The highest BCUT2D eigenvalue weighted by Gasteiger charge is 2.59. The number of carbonyl (C=O) groups is 1. The van der Waals surface area contributed by atoms with Crippen LogP contribution in [0.4, 0.5) is 0 Å². The fourth-order valence-electron chi connectivity index (χ4n) is 2.11. The number of methoxy groups -OCH3 is 1. The average molecular weight is 250 g/mol. The van der Waals surface area contributed by atoms with Crippen LogP contribution in [0.25, 0.3) is 0 Å². The number of rotatable bonds is 4. The van der Waals surface area contributed by atoms with E-state index >= 15 is 0 Å². The predicted molar refractivity (Wildman–Crippen MR) is 66.6 cm³/mol. The molecule has 0 saturated carbocycles. The zero-order chi connectivity index (χ0) is 13.3. The molecule has 4 heteroatoms. The third-order valence-corrected chi connectivity index (χ3v) is 3.27. The molecule has 1 fully saturated rings. The van der Waals surface area contributed by atoms with Crippen molar-refractivity contribution in [2.75, 3.05) is 13.7 Å². The van der Waals surface area contributed by atoms with Crippen LogP contribution >= 0.6 is 0 Å². The monoisotopic (exact) mass is 250 g/mol. The van der Waals surface area contributed by atoms with Crippen molar-refractivity contribution in [3.8, 4) is 5.75 Å². The summed E-state index contributed by atoms with van der Waals surface area (Å²) in [5.41, 5.74) is 1.43. The first-order valence-corrected chi connectivity index (χ1v) is 6.02. The van der Waals surface area contributed by atoms with Crippen LogP contribution in [0.3, 0.4) is 0 Å². The van der Waals surface area contributed by atoms with Crippen LogP contribution < -0.4 is 4.74 Å². The lowest BCUT2D eigenvalue weighted by molar-refractivity contribution is -0.144. The van der Waals surface area contributed by atoms with Crippen LogP contribution in [-0.4, -0.2) is 25.8 Å². The summed E-state index contributed by atoms with van der Waals surface area (Å²) in [6, 6.07) is 5.79. The summed E-state index contributed by atoms with van der Waals surface area (Å²) in [6.45, 7) is 6.02. The van der Waals surface area contributed by atoms with E-state index in [1.54, 1.807) is 14.0 Å². The van der Waals surface area contributed by atoms with Gasteiger partial charge in [-0.2, -0.15) is 0 Å². The molecule has 0 radical (unpaired) electrons. The van der Waals surface area contributed by atoms with Gasteiger partial charge in [-0.15, -0.1) is 0 Å². The van der Waals surface area contributed by atoms with Crippen molar-refractivity contribution >= 4 is 5.97 Å². The third-order valence-electron chi connectivity index (χ3n) is 3.27. The summed E-state index contributed by atoms with van der Waals surface area (Å²) >= 11 is 0. The quantitative estimate of drug-likeness (QED) is 0.607. The number of epoxide rings is 1. The van der Waals surface area contributed by atoms with Crippen molar-refractivity contribution in [2.24, 2.45) is 0 Å². The second-order valence-corrected chi connectivity index (χ2v) is 4.54. The Morgan fingerprint density at radius 2 is 2.22 bits per heavy atom. The van der Waals surface area contributed by atoms with Crippen molar-refractivity contribution in [2.45, 2.75) is 32.5 Å². The first-order valence-electron chi connectivity index (χ1n) is 6.02. The van der Waals surface area contributed by atoms with E-state index in [9.17, 15) is 4.79 Å². The molecular weight excluding hydrogens is 232 g/mol. The van der Waals surface area contributed by atoms with Crippen molar-refractivity contribution in [1.29, 1.82) is 0 Å². The van der Waals surface area contributed by atoms with Crippen LogP contribution in [0.1, 0.15) is 25.0 Å². The fraction of sp³-hybridized carbons (Fsp3) is 0.500. The van der Waals surface area contributed by atoms with Crippen LogP contribution in [0.5, 0.6) is 5.75 Å². The smallest absolute Gasteiger partial charge is 0.338 e. The minimum atomic E-state index is -0.566. The molecule has 0 aromatic heterocycles. The summed E-state index contributed by atoms with van der Waals surface area (Å²) in [6.07, 6.45) is -0.495. The Balaban J connectivity index is 2.18. The van der Waals surface area contributed by atoms with E-state index in [-0.39, 0.29) is 5.97 Å². The Labute approximate surface area is 107 Å². The van der Waals surface area contributed by atoms with Gasteiger partial charge in [0.1, 0.15) is 11.4 Å². The van der Waals surface area contributed by atoms with Crippen LogP contribution in [0, 0.1) is 6.92 Å². The van der Waals surface area contributed by atoms with Gasteiger partial charge in [0.15, 0.2) is 6.10 Å². The number of ether oxygens (including phenoxy) is 3. The van der Waals surface area contributed by atoms with Gasteiger partial charge in [0.25, 0.3) is 0 Å². The first-order chi connectivity index (χ1) is 8.52. The van der Waals surface area contributed by atoms with E-state index in [2.05, 4.69) is 0 Å². The molecule has 18 heavy (non-hydrogen) atoms. The van der Waals surface area contributed by atoms with E-state index < -0.39 is 11.7 Å². The summed E-state index contributed by atoms with van der Waals surface area (Å²) in [4.78, 5) is 11.6. The molecule has 1 aromatic rings. The summed E-state index contributed by atoms with van der Waals surface area (Å²) in [5, 5.41) is 0. The summed E-state index contributed by atoms with van der Waals surface area (Å²) in [5.74, 6) is 0.532. The van der Waals surface area contributed by atoms with Gasteiger partial charge < -0.3 is 14.2 Å². The maximum Gasteiger partial charge on any atom is 0.338 e. The lowest BCUT2D eigenvalue weighted by atomic mass is 9.95. The van der Waals surface area contributed by atoms with Gasteiger partial charge in [-0.3, -0.25) is 0 Å². The molecule has 1 aliphatic heterocycles. The largest absolute Gasteiger partial charge is 0.496 e. The van der Waals surface area contributed by atoms with Gasteiger partial charge in [-0.05, 0) is 44.0 Å². The normalized spacial score (nSPS) is 25.7. The number of aryl methyl sites for hydroxylation is 1. The first kappa shape index (κ1) is 12.9. The van der Waals surface area contributed by atoms with Crippen LogP contribution in [-0.2, 0) is 19.9 Å². The standard InChI is InChI=1S/C14H18O4/c1-5-17-13(15)12-14(3,18-12)10-6-7-11(16-4)9(2)8-10/h6-8,12H,5H2,1-4H3. The molecule has 4 nitrogen and oxygen atoms in total. The fourth-order valence-corrected chi connectivity index (χ4v) is 2.11. The number of hydrogen-bond acceptors (Lipinski definition) is 4. The number of benzene rings is 1. The number of carbonyl (C=O) groups excluding carboxylic acids is 1. The Bertz CT molecular complexity index is 469. The van der Waals surface area contributed by atoms with Gasteiger partial charge in [0, 0.05) is 0 Å².